The molecule has 2 heterocycles. The van der Waals surface area contributed by atoms with Crippen molar-refractivity contribution < 1.29 is 9.84 Å². The van der Waals surface area contributed by atoms with Gasteiger partial charge in [0.1, 0.15) is 0 Å². The topological polar surface area (TPSA) is 60.1 Å². The molecule has 0 spiro atoms. The molecular formula is C14H16N2O2. The first-order chi connectivity index (χ1) is 8.51. The largest absolute Gasteiger partial charge is 0.619 e. The van der Waals surface area contributed by atoms with Gasteiger partial charge in [-0.3, -0.25) is 4.98 Å². The third-order valence-corrected chi connectivity index (χ3v) is 3.20. The average Bonchev–Trinajstić information content (AvgIpc) is 2.39. The van der Waals surface area contributed by atoms with E-state index in [-0.39, 0.29) is 0 Å². The summed E-state index contributed by atoms with van der Waals surface area (Å²) in [5.74, 6) is 0. The molecule has 1 N–H and O–H groups in total. The van der Waals surface area contributed by atoms with Crippen LogP contribution >= 0.6 is 0 Å². The van der Waals surface area contributed by atoms with E-state index in [9.17, 15) is 10.3 Å². The molecule has 94 valence electrons. The minimum atomic E-state index is -0.761. The smallest absolute Gasteiger partial charge is 0.186 e. The maximum absolute atomic E-state index is 11.3. The Morgan fingerprint density at radius 2 is 2.11 bits per heavy atom. The van der Waals surface area contributed by atoms with Crippen LogP contribution in [-0.2, 0) is 5.41 Å². The molecule has 2 rings (SSSR count). The van der Waals surface area contributed by atoms with Crippen LogP contribution in [0.2, 0.25) is 0 Å². The van der Waals surface area contributed by atoms with E-state index in [2.05, 4.69) is 4.98 Å². The Hall–Kier alpha value is -1.94. The Morgan fingerprint density at radius 1 is 1.33 bits per heavy atom. The van der Waals surface area contributed by atoms with Crippen LogP contribution in [0, 0.1) is 5.21 Å². The second-order valence-electron chi connectivity index (χ2n) is 4.86. The summed E-state index contributed by atoms with van der Waals surface area (Å²) in [7, 11) is 0. The summed E-state index contributed by atoms with van der Waals surface area (Å²) in [6, 6.07) is 7.13. The Labute approximate surface area is 106 Å². The van der Waals surface area contributed by atoms with E-state index in [1.54, 1.807) is 24.5 Å². The second kappa shape index (κ2) is 4.74. The van der Waals surface area contributed by atoms with Gasteiger partial charge < -0.3 is 10.3 Å². The summed E-state index contributed by atoms with van der Waals surface area (Å²) in [6.07, 6.45) is 5.45. The lowest BCUT2D eigenvalue weighted by Crippen LogP contribution is -2.31. The van der Waals surface area contributed by atoms with Crippen molar-refractivity contribution in [1.82, 2.24) is 4.98 Å². The van der Waals surface area contributed by atoms with Gasteiger partial charge in [-0.1, -0.05) is 19.9 Å². The van der Waals surface area contributed by atoms with Crippen LogP contribution in [0.25, 0.3) is 0 Å². The summed E-state index contributed by atoms with van der Waals surface area (Å²) in [6.45, 7) is 3.85. The van der Waals surface area contributed by atoms with Crippen molar-refractivity contribution in [2.24, 2.45) is 0 Å². The third kappa shape index (κ3) is 2.33. The van der Waals surface area contributed by atoms with E-state index in [1.807, 2.05) is 26.0 Å². The molecule has 0 saturated heterocycles. The van der Waals surface area contributed by atoms with Crippen LogP contribution in [0.5, 0.6) is 0 Å². The molecule has 1 atom stereocenters. The Bertz CT molecular complexity index is 526. The van der Waals surface area contributed by atoms with E-state index in [0.717, 1.165) is 5.56 Å². The lowest BCUT2D eigenvalue weighted by atomic mass is 9.78. The molecule has 0 aliphatic heterocycles. The van der Waals surface area contributed by atoms with Crippen LogP contribution < -0.4 is 4.73 Å². The van der Waals surface area contributed by atoms with E-state index in [4.69, 9.17) is 0 Å². The number of pyridine rings is 2. The molecule has 0 aromatic carbocycles. The number of aliphatic hydroxyl groups excluding tert-OH is 1. The van der Waals surface area contributed by atoms with Gasteiger partial charge in [-0.05, 0) is 17.7 Å². The van der Waals surface area contributed by atoms with Crippen molar-refractivity contribution in [3.63, 3.8) is 0 Å². The van der Waals surface area contributed by atoms with Gasteiger partial charge in [-0.2, -0.15) is 4.73 Å². The highest BCUT2D eigenvalue weighted by Crippen LogP contribution is 2.35. The van der Waals surface area contributed by atoms with Crippen LogP contribution in [-0.4, -0.2) is 10.1 Å². The molecule has 2 aromatic heterocycles. The quantitative estimate of drug-likeness (QED) is 0.660. The molecule has 1 unspecified atom stereocenters. The maximum atomic E-state index is 11.3. The molecule has 0 fully saturated rings. The van der Waals surface area contributed by atoms with Crippen LogP contribution in [0.4, 0.5) is 0 Å². The van der Waals surface area contributed by atoms with E-state index >= 15 is 0 Å². The second-order valence-corrected chi connectivity index (χ2v) is 4.86. The van der Waals surface area contributed by atoms with Gasteiger partial charge in [0.25, 0.3) is 0 Å². The van der Waals surface area contributed by atoms with Gasteiger partial charge in [0.05, 0.1) is 6.10 Å². The number of hydrogen-bond donors (Lipinski definition) is 1. The fraction of sp³-hybridized carbons (Fsp3) is 0.286. The summed E-state index contributed by atoms with van der Waals surface area (Å²) in [5.41, 5.74) is 1.02. The molecule has 4 nitrogen and oxygen atoms in total. The first kappa shape index (κ1) is 12.5. The zero-order valence-electron chi connectivity index (χ0n) is 10.4. The monoisotopic (exact) mass is 244 g/mol. The summed E-state index contributed by atoms with van der Waals surface area (Å²) < 4.78 is 0.692. The molecule has 0 bridgehead atoms. The van der Waals surface area contributed by atoms with E-state index in [0.29, 0.717) is 10.3 Å². The average molecular weight is 244 g/mol. The zero-order valence-corrected chi connectivity index (χ0v) is 10.4. The van der Waals surface area contributed by atoms with Crippen LogP contribution in [0.15, 0.2) is 49.1 Å². The van der Waals surface area contributed by atoms with Gasteiger partial charge in [0.15, 0.2) is 12.4 Å². The predicted octanol–water partition coefficient (Wildman–Crippen LogP) is 1.73. The number of aromatic nitrogens is 2. The van der Waals surface area contributed by atoms with Crippen molar-refractivity contribution in [2.75, 3.05) is 0 Å². The van der Waals surface area contributed by atoms with E-state index in [1.165, 1.54) is 12.4 Å². The van der Waals surface area contributed by atoms with Crippen molar-refractivity contribution >= 4 is 0 Å². The maximum Gasteiger partial charge on any atom is 0.186 e. The highest BCUT2D eigenvalue weighted by Gasteiger charge is 2.32. The van der Waals surface area contributed by atoms with Crippen LogP contribution in [0.1, 0.15) is 31.1 Å². The minimum Gasteiger partial charge on any atom is -0.619 e. The van der Waals surface area contributed by atoms with Gasteiger partial charge in [0.2, 0.25) is 0 Å². The van der Waals surface area contributed by atoms with Crippen molar-refractivity contribution in [3.05, 3.63) is 65.4 Å². The predicted molar refractivity (Wildman–Crippen MR) is 67.6 cm³/mol. The molecular weight excluding hydrogens is 228 g/mol. The summed E-state index contributed by atoms with van der Waals surface area (Å²) in [5, 5.41) is 21.7. The van der Waals surface area contributed by atoms with Gasteiger partial charge in [-0.15, -0.1) is 0 Å². The molecule has 0 aliphatic rings. The van der Waals surface area contributed by atoms with Crippen molar-refractivity contribution in [3.8, 4) is 0 Å². The zero-order chi connectivity index (χ0) is 13.2. The third-order valence-electron chi connectivity index (χ3n) is 3.20. The van der Waals surface area contributed by atoms with E-state index < -0.39 is 11.5 Å². The van der Waals surface area contributed by atoms with Crippen molar-refractivity contribution in [1.29, 1.82) is 0 Å². The molecule has 0 amide bonds. The van der Waals surface area contributed by atoms with Gasteiger partial charge >= 0.3 is 0 Å². The lowest BCUT2D eigenvalue weighted by Gasteiger charge is -2.30. The Balaban J connectivity index is 2.36. The highest BCUT2D eigenvalue weighted by atomic mass is 16.5. The number of aliphatic hydroxyl groups is 1. The van der Waals surface area contributed by atoms with Crippen molar-refractivity contribution in [2.45, 2.75) is 25.4 Å². The minimum absolute atomic E-state index is 0.511. The SMILES string of the molecule is CC(C)(c1cccnc1)C(O)c1ccc[n+]([O-])c1. The highest BCUT2D eigenvalue weighted by molar-refractivity contribution is 5.26. The molecule has 4 heteroatoms. The standard InChI is InChI=1S/C14H16N2O2/c1-14(2,12-6-3-7-15-9-12)13(17)11-5-4-8-16(18)10-11/h3-10,13,17H,1-2H3. The normalized spacial score (nSPS) is 13.3. The number of hydrogen-bond acceptors (Lipinski definition) is 3. The first-order valence-electron chi connectivity index (χ1n) is 5.79. The van der Waals surface area contributed by atoms with Gasteiger partial charge in [-0.25, -0.2) is 0 Å². The molecule has 18 heavy (non-hydrogen) atoms. The lowest BCUT2D eigenvalue weighted by molar-refractivity contribution is -0.606. The number of nitrogens with zero attached hydrogens (tertiary/aromatic N) is 2. The molecule has 2 aromatic rings. The number of rotatable bonds is 3. The summed E-state index contributed by atoms with van der Waals surface area (Å²) in [4.78, 5) is 4.07. The molecule has 0 radical (unpaired) electrons. The summed E-state index contributed by atoms with van der Waals surface area (Å²) >= 11 is 0. The van der Waals surface area contributed by atoms with Crippen LogP contribution in [0.3, 0.4) is 0 Å². The van der Waals surface area contributed by atoms with Gasteiger partial charge in [0, 0.05) is 29.4 Å². The molecule has 0 aliphatic carbocycles. The Morgan fingerprint density at radius 3 is 2.72 bits per heavy atom. The Kier molecular flexibility index (Phi) is 3.30. The fourth-order valence-corrected chi connectivity index (χ4v) is 1.95. The fourth-order valence-electron chi connectivity index (χ4n) is 1.95. The molecule has 0 saturated carbocycles. The first-order valence-corrected chi connectivity index (χ1v) is 5.79.